The third-order valence-corrected chi connectivity index (χ3v) is 2.43. The van der Waals surface area contributed by atoms with Crippen LogP contribution in [0.25, 0.3) is 11.2 Å². The van der Waals surface area contributed by atoms with Gasteiger partial charge in [0, 0.05) is 12.8 Å². The minimum atomic E-state index is -0.614. The number of aromatic amines is 2. The summed E-state index contributed by atoms with van der Waals surface area (Å²) < 4.78 is 1.27. The summed E-state index contributed by atoms with van der Waals surface area (Å²) in [6.07, 6.45) is 0.867. The second-order valence-corrected chi connectivity index (χ2v) is 3.36. The van der Waals surface area contributed by atoms with Gasteiger partial charge in [-0.15, -0.1) is 0 Å². The molecule has 15 heavy (non-hydrogen) atoms. The normalized spacial score (nSPS) is 14.8. The number of aryl methyl sites for hydroxylation is 1. The first kappa shape index (κ1) is 8.16. The number of fused-ring (bicyclic) bond motifs is 3. The fourth-order valence-corrected chi connectivity index (χ4v) is 1.83. The van der Waals surface area contributed by atoms with Gasteiger partial charge in [-0.3, -0.25) is 24.1 Å². The third-order valence-electron chi connectivity index (χ3n) is 2.43. The first-order chi connectivity index (χ1) is 7.16. The Balaban J connectivity index is 2.58. The van der Waals surface area contributed by atoms with Crippen LogP contribution in [0.3, 0.4) is 0 Å². The maximum absolute atomic E-state index is 11.5. The molecule has 76 valence electrons. The van der Waals surface area contributed by atoms with Gasteiger partial charge in [0.25, 0.3) is 5.56 Å². The van der Waals surface area contributed by atoms with Crippen LogP contribution in [0.4, 0.5) is 0 Å². The van der Waals surface area contributed by atoms with Crippen LogP contribution in [0.5, 0.6) is 0 Å². The second-order valence-electron chi connectivity index (χ2n) is 3.36. The van der Waals surface area contributed by atoms with E-state index in [4.69, 9.17) is 0 Å². The SMILES string of the molecule is O=C1CCc2nc3[nH]c(=O)[nH]c(=O)c3n21. The molecule has 0 saturated heterocycles. The molecule has 2 aromatic heterocycles. The van der Waals surface area contributed by atoms with E-state index in [0.29, 0.717) is 18.7 Å². The summed E-state index contributed by atoms with van der Waals surface area (Å²) in [5.41, 5.74) is -0.890. The summed E-state index contributed by atoms with van der Waals surface area (Å²) in [7, 11) is 0. The number of carbonyl (C=O) groups is 1. The number of aromatic nitrogens is 4. The maximum atomic E-state index is 11.5. The molecular weight excluding hydrogens is 200 g/mol. The highest BCUT2D eigenvalue weighted by Gasteiger charge is 2.25. The molecule has 3 rings (SSSR count). The molecule has 2 aromatic rings. The minimum Gasteiger partial charge on any atom is -0.290 e. The van der Waals surface area contributed by atoms with Crippen LogP contribution in [0.15, 0.2) is 9.59 Å². The van der Waals surface area contributed by atoms with E-state index in [1.54, 1.807) is 0 Å². The van der Waals surface area contributed by atoms with Gasteiger partial charge in [0.1, 0.15) is 5.82 Å². The number of imidazole rings is 1. The van der Waals surface area contributed by atoms with Crippen molar-refractivity contribution in [3.8, 4) is 0 Å². The van der Waals surface area contributed by atoms with Gasteiger partial charge in [-0.2, -0.15) is 0 Å². The molecule has 1 aliphatic rings. The molecule has 7 heteroatoms. The van der Waals surface area contributed by atoms with Crippen molar-refractivity contribution in [3.05, 3.63) is 26.7 Å². The zero-order chi connectivity index (χ0) is 10.6. The zero-order valence-corrected chi connectivity index (χ0v) is 7.53. The Hall–Kier alpha value is -2.18. The van der Waals surface area contributed by atoms with Crippen molar-refractivity contribution in [2.24, 2.45) is 0 Å². The van der Waals surface area contributed by atoms with Gasteiger partial charge in [-0.1, -0.05) is 0 Å². The van der Waals surface area contributed by atoms with Crippen LogP contribution < -0.4 is 11.2 Å². The molecule has 0 spiro atoms. The van der Waals surface area contributed by atoms with E-state index in [0.717, 1.165) is 0 Å². The number of H-pyrrole nitrogens is 2. The second kappa shape index (κ2) is 2.44. The summed E-state index contributed by atoms with van der Waals surface area (Å²) in [5.74, 6) is 0.368. The number of nitrogens with one attached hydrogen (secondary N) is 2. The Morgan fingerprint density at radius 2 is 1.93 bits per heavy atom. The van der Waals surface area contributed by atoms with Crippen molar-refractivity contribution < 1.29 is 4.79 Å². The molecule has 0 unspecified atom stereocenters. The molecule has 0 aliphatic carbocycles. The van der Waals surface area contributed by atoms with Crippen LogP contribution in [-0.2, 0) is 6.42 Å². The lowest BCUT2D eigenvalue weighted by atomic mass is 10.3. The van der Waals surface area contributed by atoms with Gasteiger partial charge in [0.05, 0.1) is 0 Å². The highest BCUT2D eigenvalue weighted by Crippen LogP contribution is 2.17. The van der Waals surface area contributed by atoms with Crippen LogP contribution in [0, 0.1) is 0 Å². The predicted octanol–water partition coefficient (Wildman–Crippen LogP) is -1.00. The van der Waals surface area contributed by atoms with Crippen LogP contribution >= 0.6 is 0 Å². The van der Waals surface area contributed by atoms with Crippen molar-refractivity contribution in [3.63, 3.8) is 0 Å². The van der Waals surface area contributed by atoms with Gasteiger partial charge in [0.2, 0.25) is 5.91 Å². The molecular formula is C8H6N4O3. The van der Waals surface area contributed by atoms with Crippen LogP contribution in [-0.4, -0.2) is 25.4 Å². The fourth-order valence-electron chi connectivity index (χ4n) is 1.83. The average Bonchev–Trinajstić information content (AvgIpc) is 2.66. The Morgan fingerprint density at radius 3 is 2.73 bits per heavy atom. The predicted molar refractivity (Wildman–Crippen MR) is 49.9 cm³/mol. The first-order valence-electron chi connectivity index (χ1n) is 4.44. The van der Waals surface area contributed by atoms with Gasteiger partial charge < -0.3 is 0 Å². The number of nitrogens with zero attached hydrogens (tertiary/aromatic N) is 2. The van der Waals surface area contributed by atoms with Gasteiger partial charge in [0.15, 0.2) is 11.2 Å². The summed E-state index contributed by atoms with van der Waals surface area (Å²) >= 11 is 0. The number of hydrogen-bond donors (Lipinski definition) is 2. The standard InChI is InChI=1S/C8H6N4O3/c13-4-2-1-3-9-6-5(12(3)4)7(14)11-8(15)10-6/h1-2H2,(H2,10,11,14,15). The smallest absolute Gasteiger partial charge is 0.290 e. The van der Waals surface area contributed by atoms with E-state index in [9.17, 15) is 14.4 Å². The van der Waals surface area contributed by atoms with E-state index >= 15 is 0 Å². The average molecular weight is 206 g/mol. The lowest BCUT2D eigenvalue weighted by Gasteiger charge is -1.93. The molecule has 0 bridgehead atoms. The number of carbonyl (C=O) groups excluding carboxylic acids is 1. The van der Waals surface area contributed by atoms with Crippen molar-refractivity contribution in [2.75, 3.05) is 0 Å². The topological polar surface area (TPSA) is 101 Å². The van der Waals surface area contributed by atoms with E-state index < -0.39 is 11.2 Å². The van der Waals surface area contributed by atoms with Crippen molar-refractivity contribution in [1.82, 2.24) is 19.5 Å². The Morgan fingerprint density at radius 1 is 1.13 bits per heavy atom. The zero-order valence-electron chi connectivity index (χ0n) is 7.53. The summed E-state index contributed by atoms with van der Waals surface area (Å²) in [4.78, 5) is 42.4. The number of rotatable bonds is 0. The molecule has 0 saturated carbocycles. The molecule has 1 aliphatic heterocycles. The lowest BCUT2D eigenvalue weighted by molar-refractivity contribution is 0.0928. The van der Waals surface area contributed by atoms with Gasteiger partial charge in [-0.25, -0.2) is 9.78 Å². The summed E-state index contributed by atoms with van der Waals surface area (Å²) in [6.45, 7) is 0. The Bertz CT molecular complexity index is 690. The van der Waals surface area contributed by atoms with Crippen molar-refractivity contribution in [1.29, 1.82) is 0 Å². The maximum Gasteiger partial charge on any atom is 0.327 e. The summed E-state index contributed by atoms with van der Waals surface area (Å²) in [6, 6.07) is 0. The van der Waals surface area contributed by atoms with Crippen molar-refractivity contribution >= 4 is 17.1 Å². The summed E-state index contributed by atoms with van der Waals surface area (Å²) in [5, 5.41) is 0. The fraction of sp³-hybridized carbons (Fsp3) is 0.250. The van der Waals surface area contributed by atoms with Crippen molar-refractivity contribution in [2.45, 2.75) is 12.8 Å². The highest BCUT2D eigenvalue weighted by atomic mass is 16.2. The lowest BCUT2D eigenvalue weighted by Crippen LogP contribution is -2.24. The molecule has 3 heterocycles. The van der Waals surface area contributed by atoms with Gasteiger partial charge in [-0.05, 0) is 0 Å². The molecule has 0 atom stereocenters. The Kier molecular flexibility index (Phi) is 1.33. The van der Waals surface area contributed by atoms with E-state index in [1.165, 1.54) is 4.57 Å². The number of hydrogen-bond acceptors (Lipinski definition) is 4. The van der Waals surface area contributed by atoms with Crippen LogP contribution in [0.2, 0.25) is 0 Å². The van der Waals surface area contributed by atoms with E-state index in [2.05, 4.69) is 15.0 Å². The monoisotopic (exact) mass is 206 g/mol. The quantitative estimate of drug-likeness (QED) is 0.577. The van der Waals surface area contributed by atoms with E-state index in [1.807, 2.05) is 0 Å². The molecule has 2 N–H and O–H groups in total. The molecule has 0 fully saturated rings. The molecule has 0 radical (unpaired) electrons. The molecule has 0 amide bonds. The Labute approximate surface area is 81.8 Å². The first-order valence-corrected chi connectivity index (χ1v) is 4.44. The molecule has 7 nitrogen and oxygen atoms in total. The third kappa shape index (κ3) is 0.940. The van der Waals surface area contributed by atoms with Gasteiger partial charge >= 0.3 is 5.69 Å². The largest absolute Gasteiger partial charge is 0.327 e. The van der Waals surface area contributed by atoms with Crippen LogP contribution in [0.1, 0.15) is 17.0 Å². The molecule has 0 aromatic carbocycles. The highest BCUT2D eigenvalue weighted by molar-refractivity contribution is 5.91. The minimum absolute atomic E-state index is 0.132. The van der Waals surface area contributed by atoms with E-state index in [-0.39, 0.29) is 17.1 Å².